The summed E-state index contributed by atoms with van der Waals surface area (Å²) in [5, 5.41) is 0.339. The van der Waals surface area contributed by atoms with E-state index >= 15 is 0 Å². The molecule has 3 rings (SSSR count). The van der Waals surface area contributed by atoms with Gasteiger partial charge in [0.05, 0.1) is 28.9 Å². The zero-order chi connectivity index (χ0) is 17.6. The van der Waals surface area contributed by atoms with E-state index in [-0.39, 0.29) is 57.1 Å². The molecule has 0 aliphatic rings. The van der Waals surface area contributed by atoms with Crippen LogP contribution < -0.4 is 61.1 Å². The van der Waals surface area contributed by atoms with Crippen molar-refractivity contribution >= 4 is 21.8 Å². The minimum atomic E-state index is -1.35. The number of fused-ring (bicyclic) bond motifs is 1. The third-order valence-corrected chi connectivity index (χ3v) is 4.81. The van der Waals surface area contributed by atoms with Gasteiger partial charge in [0.15, 0.2) is 0 Å². The van der Waals surface area contributed by atoms with E-state index in [2.05, 4.69) is 15.0 Å². The molecule has 132 valence electrons. The van der Waals surface area contributed by atoms with Crippen molar-refractivity contribution in [3.05, 3.63) is 47.8 Å². The fourth-order valence-electron chi connectivity index (χ4n) is 2.35. The maximum atomic E-state index is 12.6. The molecule has 6 nitrogen and oxygen atoms in total. The molecule has 0 amide bonds. The Balaban J connectivity index is 0.00000243. The van der Waals surface area contributed by atoms with Crippen molar-refractivity contribution in [3.8, 4) is 5.75 Å². The topological polar surface area (TPSA) is 75.4 Å². The number of hydrogen-bond donors (Lipinski definition) is 0. The third kappa shape index (κ3) is 5.69. The van der Waals surface area contributed by atoms with E-state index in [0.29, 0.717) is 24.1 Å². The molecule has 26 heavy (non-hydrogen) atoms. The molecule has 1 unspecified atom stereocenters. The van der Waals surface area contributed by atoms with Crippen LogP contribution >= 0.6 is 0 Å². The van der Waals surface area contributed by atoms with E-state index in [4.69, 9.17) is 9.47 Å². The predicted molar refractivity (Wildman–Crippen MR) is 96.1 cm³/mol. The van der Waals surface area contributed by atoms with Gasteiger partial charge in [-0.2, -0.15) is 0 Å². The molecular formula is C18H20KN3O3S. The third-order valence-electron chi connectivity index (χ3n) is 3.66. The number of para-hydroxylation sites is 2. The maximum Gasteiger partial charge on any atom is 1.00 e. The fraction of sp³-hybridized carbons (Fsp3) is 0.333. The Bertz CT molecular complexity index is 852. The second kappa shape index (κ2) is 10.7. The number of rotatable bonds is 8. The van der Waals surface area contributed by atoms with Crippen molar-refractivity contribution in [1.29, 1.82) is 0 Å². The number of nitrogens with zero attached hydrogens (tertiary/aromatic N) is 3. The molecule has 0 saturated carbocycles. The Morgan fingerprint density at radius 2 is 2.04 bits per heavy atom. The molecule has 1 aromatic carbocycles. The molecule has 1 atom stereocenters. The zero-order valence-electron chi connectivity index (χ0n) is 15.3. The number of hydrogen-bond acceptors (Lipinski definition) is 5. The van der Waals surface area contributed by atoms with Crippen molar-refractivity contribution in [2.75, 3.05) is 20.3 Å². The van der Waals surface area contributed by atoms with Gasteiger partial charge in [0.1, 0.15) is 5.75 Å². The summed E-state index contributed by atoms with van der Waals surface area (Å²) in [6.07, 6.45) is 2.55. The first kappa shape index (κ1) is 21.7. The van der Waals surface area contributed by atoms with Crippen molar-refractivity contribution in [2.45, 2.75) is 24.3 Å². The number of aromatic nitrogens is 3. The molecule has 0 N–H and O–H groups in total. The van der Waals surface area contributed by atoms with Crippen LogP contribution in [0.2, 0.25) is 0 Å². The summed E-state index contributed by atoms with van der Waals surface area (Å²) in [6, 6.07) is 9.33. The molecule has 0 saturated heterocycles. The zero-order valence-corrected chi connectivity index (χ0v) is 19.2. The Morgan fingerprint density at radius 1 is 1.23 bits per heavy atom. The van der Waals surface area contributed by atoms with Gasteiger partial charge in [-0.3, -0.25) is 9.19 Å². The first-order chi connectivity index (χ1) is 12.2. The molecular weight excluding hydrogens is 377 g/mol. The second-order valence-corrected chi connectivity index (χ2v) is 6.97. The number of ether oxygens (including phenoxy) is 2. The van der Waals surface area contributed by atoms with Crippen molar-refractivity contribution in [2.24, 2.45) is 0 Å². The van der Waals surface area contributed by atoms with Crippen LogP contribution in [-0.2, 0) is 21.3 Å². The molecule has 2 heterocycles. The molecule has 3 aromatic rings. The van der Waals surface area contributed by atoms with Gasteiger partial charge >= 0.3 is 51.4 Å². The maximum absolute atomic E-state index is 12.6. The minimum Gasteiger partial charge on any atom is -0.493 e. The molecule has 0 radical (unpaired) electrons. The van der Waals surface area contributed by atoms with Crippen molar-refractivity contribution in [3.63, 3.8) is 0 Å². The van der Waals surface area contributed by atoms with Crippen LogP contribution in [0, 0.1) is 6.92 Å². The van der Waals surface area contributed by atoms with Crippen LogP contribution in [0.5, 0.6) is 5.75 Å². The van der Waals surface area contributed by atoms with E-state index in [1.807, 2.05) is 37.3 Å². The smallest absolute Gasteiger partial charge is 0.493 e. The van der Waals surface area contributed by atoms with Crippen LogP contribution in [0.1, 0.15) is 17.7 Å². The quantitative estimate of drug-likeness (QED) is 0.381. The molecule has 2 aromatic heterocycles. The van der Waals surface area contributed by atoms with Gasteiger partial charge in [0.25, 0.3) is 0 Å². The minimum absolute atomic E-state index is 0. The largest absolute Gasteiger partial charge is 1.00 e. The van der Waals surface area contributed by atoms with Crippen LogP contribution in [0.4, 0.5) is 0 Å². The molecule has 8 heteroatoms. The summed E-state index contributed by atoms with van der Waals surface area (Å²) in [4.78, 5) is 13.0. The summed E-state index contributed by atoms with van der Waals surface area (Å²) < 4.78 is 23.3. The molecule has 0 spiro atoms. The van der Waals surface area contributed by atoms with Gasteiger partial charge in [0.2, 0.25) is 0 Å². The average Bonchev–Trinajstić information content (AvgIpc) is 3.05. The fourth-order valence-corrected chi connectivity index (χ4v) is 3.31. The monoisotopic (exact) mass is 397 g/mol. The van der Waals surface area contributed by atoms with E-state index < -0.39 is 10.8 Å². The second-order valence-electron chi connectivity index (χ2n) is 5.62. The molecule has 0 bridgehead atoms. The Labute approximate surface area is 198 Å². The van der Waals surface area contributed by atoms with Gasteiger partial charge in [-0.05, 0) is 18.0 Å². The van der Waals surface area contributed by atoms with Crippen LogP contribution in [-0.4, -0.2) is 34.5 Å². The van der Waals surface area contributed by atoms with E-state index in [9.17, 15) is 4.21 Å². The first-order valence-corrected chi connectivity index (χ1v) is 9.34. The van der Waals surface area contributed by atoms with Gasteiger partial charge in [0, 0.05) is 43.1 Å². The summed E-state index contributed by atoms with van der Waals surface area (Å²) in [5.74, 6) is 1.01. The summed E-state index contributed by atoms with van der Waals surface area (Å²) in [7, 11) is 0.316. The molecule has 0 aliphatic heterocycles. The summed E-state index contributed by atoms with van der Waals surface area (Å²) in [6.45, 7) is 3.16. The average molecular weight is 398 g/mol. The van der Waals surface area contributed by atoms with Gasteiger partial charge in [-0.25, -0.2) is 0 Å². The van der Waals surface area contributed by atoms with Gasteiger partial charge in [-0.1, -0.05) is 24.3 Å². The van der Waals surface area contributed by atoms with E-state index in [1.54, 1.807) is 13.3 Å². The van der Waals surface area contributed by atoms with Gasteiger partial charge < -0.3 is 19.4 Å². The van der Waals surface area contributed by atoms with E-state index in [0.717, 1.165) is 28.8 Å². The molecule has 0 aliphatic carbocycles. The van der Waals surface area contributed by atoms with Gasteiger partial charge in [-0.15, -0.1) is 0 Å². The van der Waals surface area contributed by atoms with Crippen LogP contribution in [0.25, 0.3) is 11.0 Å². The first-order valence-electron chi connectivity index (χ1n) is 8.02. The SMILES string of the molecule is COCCCOc1cc(CS(=O)c2nc3ccccc3[n-]2)ncc1C.[K+]. The summed E-state index contributed by atoms with van der Waals surface area (Å²) >= 11 is 0. The van der Waals surface area contributed by atoms with Crippen LogP contribution in [0.3, 0.4) is 0 Å². The van der Waals surface area contributed by atoms with E-state index in [1.165, 1.54) is 0 Å². The van der Waals surface area contributed by atoms with Crippen LogP contribution in [0.15, 0.2) is 41.7 Å². The molecule has 0 fully saturated rings. The number of methoxy groups -OCH3 is 1. The number of imidazole rings is 1. The Hall–Kier alpha value is -0.614. The normalized spacial score (nSPS) is 11.9. The number of aryl methyl sites for hydroxylation is 1. The van der Waals surface area contributed by atoms with Crippen molar-refractivity contribution < 1.29 is 65.1 Å². The standard InChI is InChI=1S/C18H20N3O3S.K/c1-13-11-19-14(10-17(13)24-9-5-8-23-2)12-25(22)18-20-15-6-3-4-7-16(15)21-18;/h3-4,6-7,10-11H,5,8-9,12H2,1-2H3;/q-1;+1. The number of benzene rings is 1. The summed E-state index contributed by atoms with van der Waals surface area (Å²) in [5.41, 5.74) is 3.15. The Morgan fingerprint density at radius 3 is 2.81 bits per heavy atom. The van der Waals surface area contributed by atoms with Crippen molar-refractivity contribution in [1.82, 2.24) is 15.0 Å². The number of pyridine rings is 1. The predicted octanol–water partition coefficient (Wildman–Crippen LogP) is -0.377. The Kier molecular flexibility index (Phi) is 8.88.